The number of halogens is 3. The van der Waals surface area contributed by atoms with Crippen LogP contribution in [-0.4, -0.2) is 42.4 Å². The summed E-state index contributed by atoms with van der Waals surface area (Å²) in [4.78, 5) is 7.95. The number of hydrogen-bond acceptors (Lipinski definition) is 5. The van der Waals surface area contributed by atoms with Crippen molar-refractivity contribution in [1.29, 1.82) is 0 Å². The maximum atomic E-state index is 12.8. The number of benzene rings is 1. The van der Waals surface area contributed by atoms with Crippen LogP contribution in [-0.2, 0) is 16.2 Å². The van der Waals surface area contributed by atoms with E-state index in [4.69, 9.17) is 4.74 Å². The number of aromatic nitrogens is 2. The molecule has 152 valence electrons. The molecule has 1 aliphatic heterocycles. The van der Waals surface area contributed by atoms with E-state index in [1.165, 1.54) is 4.31 Å². The van der Waals surface area contributed by atoms with Gasteiger partial charge in [0.1, 0.15) is 0 Å². The maximum absolute atomic E-state index is 12.8. The minimum Gasteiger partial charge on any atom is -0.463 e. The van der Waals surface area contributed by atoms with Gasteiger partial charge in [-0.1, -0.05) is 0 Å². The van der Waals surface area contributed by atoms with Crippen molar-refractivity contribution in [2.75, 3.05) is 19.7 Å². The Morgan fingerprint density at radius 1 is 1.18 bits per heavy atom. The fourth-order valence-corrected chi connectivity index (χ4v) is 4.55. The first-order valence-corrected chi connectivity index (χ1v) is 10.2. The van der Waals surface area contributed by atoms with Crippen LogP contribution in [0.25, 0.3) is 0 Å². The number of piperidine rings is 1. The summed E-state index contributed by atoms with van der Waals surface area (Å²) in [5.74, 6) is -0.0529. The highest BCUT2D eigenvalue weighted by Gasteiger charge is 2.33. The molecule has 0 amide bonds. The first-order valence-electron chi connectivity index (χ1n) is 8.75. The van der Waals surface area contributed by atoms with Crippen LogP contribution in [0.3, 0.4) is 0 Å². The molecule has 2 heterocycles. The Kier molecular flexibility index (Phi) is 5.90. The quantitative estimate of drug-likeness (QED) is 0.749. The average molecular weight is 415 g/mol. The first kappa shape index (κ1) is 20.5. The number of alkyl halides is 3. The first-order chi connectivity index (χ1) is 13.2. The number of rotatable bonds is 5. The van der Waals surface area contributed by atoms with Crippen molar-refractivity contribution >= 4 is 10.0 Å². The molecule has 28 heavy (non-hydrogen) atoms. The standard InChI is InChI=1S/C18H20F3N3O3S/c1-13-9-22-17(23-10-13)27-12-14-3-2-8-24(11-14)28(25,26)16-6-4-15(5-7-16)18(19,20)21/h4-7,9-10,14H,2-3,8,11-12H2,1H3. The van der Waals surface area contributed by atoms with Crippen molar-refractivity contribution in [3.63, 3.8) is 0 Å². The van der Waals surface area contributed by atoms with Crippen LogP contribution in [0.2, 0.25) is 0 Å². The Balaban J connectivity index is 1.66. The highest BCUT2D eigenvalue weighted by atomic mass is 32.2. The summed E-state index contributed by atoms with van der Waals surface area (Å²) >= 11 is 0. The number of aryl methyl sites for hydroxylation is 1. The summed E-state index contributed by atoms with van der Waals surface area (Å²) in [6, 6.07) is 3.79. The molecule has 0 N–H and O–H groups in total. The van der Waals surface area contributed by atoms with Gasteiger partial charge in [0.05, 0.1) is 17.1 Å². The van der Waals surface area contributed by atoms with Gasteiger partial charge in [-0.15, -0.1) is 0 Å². The Morgan fingerprint density at radius 3 is 2.43 bits per heavy atom. The minimum absolute atomic E-state index is 0.0529. The number of hydrogen-bond donors (Lipinski definition) is 0. The van der Waals surface area contributed by atoms with Gasteiger partial charge in [-0.2, -0.15) is 17.5 Å². The second kappa shape index (κ2) is 8.04. The van der Waals surface area contributed by atoms with Gasteiger partial charge in [-0.05, 0) is 49.6 Å². The molecule has 10 heteroatoms. The smallest absolute Gasteiger partial charge is 0.416 e. The van der Waals surface area contributed by atoms with Crippen LogP contribution < -0.4 is 4.74 Å². The largest absolute Gasteiger partial charge is 0.463 e. The topological polar surface area (TPSA) is 72.4 Å². The molecule has 6 nitrogen and oxygen atoms in total. The number of nitrogens with zero attached hydrogens (tertiary/aromatic N) is 3. The van der Waals surface area contributed by atoms with E-state index in [-0.39, 0.29) is 30.0 Å². The van der Waals surface area contributed by atoms with Crippen molar-refractivity contribution in [3.05, 3.63) is 47.8 Å². The molecular formula is C18H20F3N3O3S. The van der Waals surface area contributed by atoms with Gasteiger partial charge in [0, 0.05) is 31.4 Å². The van der Waals surface area contributed by atoms with Crippen molar-refractivity contribution in [2.24, 2.45) is 5.92 Å². The van der Waals surface area contributed by atoms with Crippen LogP contribution in [0.4, 0.5) is 13.2 Å². The van der Waals surface area contributed by atoms with Crippen molar-refractivity contribution in [3.8, 4) is 6.01 Å². The molecule has 1 aromatic carbocycles. The van der Waals surface area contributed by atoms with Crippen LogP contribution in [0.1, 0.15) is 24.0 Å². The Labute approximate surface area is 161 Å². The van der Waals surface area contributed by atoms with Crippen LogP contribution in [0.15, 0.2) is 41.6 Å². The molecule has 0 radical (unpaired) electrons. The summed E-state index contributed by atoms with van der Waals surface area (Å²) in [7, 11) is -3.87. The second-order valence-corrected chi connectivity index (χ2v) is 8.69. The van der Waals surface area contributed by atoms with E-state index in [0.717, 1.165) is 36.2 Å². The van der Waals surface area contributed by atoms with Gasteiger partial charge in [-0.25, -0.2) is 18.4 Å². The van der Waals surface area contributed by atoms with Crippen molar-refractivity contribution in [2.45, 2.75) is 30.8 Å². The fourth-order valence-electron chi connectivity index (χ4n) is 2.99. The Hall–Kier alpha value is -2.20. The van der Waals surface area contributed by atoms with E-state index in [1.807, 2.05) is 6.92 Å². The van der Waals surface area contributed by atoms with E-state index in [0.29, 0.717) is 13.0 Å². The summed E-state index contributed by atoms with van der Waals surface area (Å²) in [5, 5.41) is 0. The van der Waals surface area contributed by atoms with Gasteiger partial charge in [0.25, 0.3) is 0 Å². The van der Waals surface area contributed by atoms with E-state index in [9.17, 15) is 21.6 Å². The third-order valence-corrected chi connectivity index (χ3v) is 6.39. The summed E-state index contributed by atoms with van der Waals surface area (Å²) in [5.41, 5.74) is 0.0216. The Bertz CT molecular complexity index is 900. The van der Waals surface area contributed by atoms with E-state index in [2.05, 4.69) is 9.97 Å². The van der Waals surface area contributed by atoms with E-state index >= 15 is 0 Å². The second-order valence-electron chi connectivity index (χ2n) is 6.75. The zero-order chi connectivity index (χ0) is 20.4. The zero-order valence-corrected chi connectivity index (χ0v) is 16.0. The van der Waals surface area contributed by atoms with E-state index < -0.39 is 21.8 Å². The van der Waals surface area contributed by atoms with Gasteiger partial charge >= 0.3 is 12.2 Å². The molecule has 0 aliphatic carbocycles. The monoisotopic (exact) mass is 415 g/mol. The third-order valence-electron chi connectivity index (χ3n) is 4.51. The highest BCUT2D eigenvalue weighted by molar-refractivity contribution is 7.89. The van der Waals surface area contributed by atoms with Gasteiger partial charge < -0.3 is 4.74 Å². The fraction of sp³-hybridized carbons (Fsp3) is 0.444. The lowest BCUT2D eigenvalue weighted by atomic mass is 10.0. The molecule has 0 spiro atoms. The minimum atomic E-state index is -4.51. The lowest BCUT2D eigenvalue weighted by Crippen LogP contribution is -2.41. The summed E-state index contributed by atoms with van der Waals surface area (Å²) in [6.07, 6.45) is 0.177. The van der Waals surface area contributed by atoms with Crippen molar-refractivity contribution in [1.82, 2.24) is 14.3 Å². The molecule has 1 aromatic heterocycles. The molecule has 0 bridgehead atoms. The van der Waals surface area contributed by atoms with Crippen LogP contribution in [0, 0.1) is 12.8 Å². The zero-order valence-electron chi connectivity index (χ0n) is 15.2. The molecule has 3 rings (SSSR count). The number of ether oxygens (including phenoxy) is 1. The lowest BCUT2D eigenvalue weighted by Gasteiger charge is -2.31. The normalized spacial score (nSPS) is 18.8. The third kappa shape index (κ3) is 4.79. The van der Waals surface area contributed by atoms with Crippen LogP contribution in [0.5, 0.6) is 6.01 Å². The lowest BCUT2D eigenvalue weighted by molar-refractivity contribution is -0.137. The number of sulfonamides is 1. The summed E-state index contributed by atoms with van der Waals surface area (Å²) < 4.78 is 70.5. The van der Waals surface area contributed by atoms with Crippen molar-refractivity contribution < 1.29 is 26.3 Å². The molecule has 1 fully saturated rings. The molecule has 0 saturated carbocycles. The molecule has 1 saturated heterocycles. The van der Waals surface area contributed by atoms with Crippen LogP contribution >= 0.6 is 0 Å². The predicted molar refractivity (Wildman–Crippen MR) is 95.2 cm³/mol. The Morgan fingerprint density at radius 2 is 1.82 bits per heavy atom. The molecule has 1 aliphatic rings. The van der Waals surface area contributed by atoms with E-state index in [1.54, 1.807) is 12.4 Å². The molecular weight excluding hydrogens is 395 g/mol. The molecule has 1 atom stereocenters. The average Bonchev–Trinajstić information content (AvgIpc) is 2.67. The van der Waals surface area contributed by atoms with Gasteiger partial charge in [0.15, 0.2) is 0 Å². The summed E-state index contributed by atoms with van der Waals surface area (Å²) in [6.45, 7) is 2.67. The highest BCUT2D eigenvalue weighted by Crippen LogP contribution is 2.31. The maximum Gasteiger partial charge on any atom is 0.416 e. The van der Waals surface area contributed by atoms with Gasteiger partial charge in [-0.3, -0.25) is 0 Å². The van der Waals surface area contributed by atoms with Gasteiger partial charge in [0.2, 0.25) is 10.0 Å². The SMILES string of the molecule is Cc1cnc(OCC2CCCN(S(=O)(=O)c3ccc(C(F)(F)F)cc3)C2)nc1. The molecule has 2 aromatic rings. The molecule has 1 unspecified atom stereocenters. The predicted octanol–water partition coefficient (Wildman–Crippen LogP) is 3.28.